The van der Waals surface area contributed by atoms with Crippen LogP contribution in [0.3, 0.4) is 0 Å². The quantitative estimate of drug-likeness (QED) is 0.819. The molecule has 2 N–H and O–H groups in total. The van der Waals surface area contributed by atoms with E-state index < -0.39 is 0 Å². The SMILES string of the molecule is CCOc1ccc(C(N)c2cc(Br)c(Br)s2)cc1. The first-order chi connectivity index (χ1) is 8.61. The summed E-state index contributed by atoms with van der Waals surface area (Å²) in [5, 5.41) is 0. The molecule has 0 aliphatic carbocycles. The number of halogens is 2. The average molecular weight is 391 g/mol. The van der Waals surface area contributed by atoms with Crippen molar-refractivity contribution in [3.8, 4) is 5.75 Å². The van der Waals surface area contributed by atoms with Crippen molar-refractivity contribution in [2.24, 2.45) is 5.73 Å². The second-order valence-electron chi connectivity index (χ2n) is 3.75. The fourth-order valence-corrected chi connectivity index (χ4v) is 3.74. The Balaban J connectivity index is 2.20. The summed E-state index contributed by atoms with van der Waals surface area (Å²) in [6, 6.07) is 9.88. The van der Waals surface area contributed by atoms with Crippen molar-refractivity contribution < 1.29 is 4.74 Å². The molecule has 0 radical (unpaired) electrons. The van der Waals surface area contributed by atoms with Gasteiger partial charge in [0.25, 0.3) is 0 Å². The van der Waals surface area contributed by atoms with Gasteiger partial charge in [0, 0.05) is 9.35 Å². The van der Waals surface area contributed by atoms with Crippen LogP contribution in [0, 0.1) is 0 Å². The second kappa shape index (κ2) is 6.19. The van der Waals surface area contributed by atoms with E-state index in [0.29, 0.717) is 6.61 Å². The highest BCUT2D eigenvalue weighted by Gasteiger charge is 2.13. The minimum absolute atomic E-state index is 0.103. The molecule has 96 valence electrons. The van der Waals surface area contributed by atoms with Crippen molar-refractivity contribution in [3.05, 3.63) is 49.0 Å². The third-order valence-corrected chi connectivity index (χ3v) is 5.86. The summed E-state index contributed by atoms with van der Waals surface area (Å²) in [5.74, 6) is 0.877. The van der Waals surface area contributed by atoms with Gasteiger partial charge in [0.15, 0.2) is 0 Å². The van der Waals surface area contributed by atoms with E-state index in [0.717, 1.165) is 24.4 Å². The van der Waals surface area contributed by atoms with Crippen LogP contribution < -0.4 is 10.5 Å². The molecule has 18 heavy (non-hydrogen) atoms. The van der Waals surface area contributed by atoms with E-state index in [1.807, 2.05) is 31.2 Å². The van der Waals surface area contributed by atoms with Crippen LogP contribution in [0.5, 0.6) is 5.75 Å². The predicted octanol–water partition coefficient (Wildman–Crippen LogP) is 4.72. The molecule has 2 rings (SSSR count). The molecule has 0 spiro atoms. The van der Waals surface area contributed by atoms with Crippen LogP contribution in [0.1, 0.15) is 23.4 Å². The molecule has 2 nitrogen and oxygen atoms in total. The molecule has 0 amide bonds. The zero-order valence-corrected chi connectivity index (χ0v) is 13.8. The Morgan fingerprint density at radius 2 is 1.94 bits per heavy atom. The van der Waals surface area contributed by atoms with Crippen LogP contribution in [0.2, 0.25) is 0 Å². The van der Waals surface area contributed by atoms with Gasteiger partial charge < -0.3 is 10.5 Å². The molecule has 1 heterocycles. The van der Waals surface area contributed by atoms with Crippen LogP contribution in [-0.2, 0) is 0 Å². The lowest BCUT2D eigenvalue weighted by Gasteiger charge is -2.11. The van der Waals surface area contributed by atoms with Crippen molar-refractivity contribution in [2.45, 2.75) is 13.0 Å². The Morgan fingerprint density at radius 3 is 2.44 bits per heavy atom. The maximum atomic E-state index is 6.25. The second-order valence-corrected chi connectivity index (χ2v) is 7.01. The zero-order valence-electron chi connectivity index (χ0n) is 9.82. The van der Waals surface area contributed by atoms with Crippen molar-refractivity contribution in [1.82, 2.24) is 0 Å². The van der Waals surface area contributed by atoms with E-state index in [1.165, 1.54) is 0 Å². The zero-order chi connectivity index (χ0) is 13.1. The molecular formula is C13H13Br2NOS. The highest BCUT2D eigenvalue weighted by molar-refractivity contribution is 9.13. The lowest BCUT2D eigenvalue weighted by atomic mass is 10.1. The summed E-state index contributed by atoms with van der Waals surface area (Å²) in [6.45, 7) is 2.65. The molecular weight excluding hydrogens is 378 g/mol. The third kappa shape index (κ3) is 3.15. The Hall–Kier alpha value is -0.360. The van der Waals surface area contributed by atoms with Crippen molar-refractivity contribution in [3.63, 3.8) is 0 Å². The normalized spacial score (nSPS) is 12.4. The molecule has 0 aliphatic rings. The van der Waals surface area contributed by atoms with Crippen molar-refractivity contribution in [1.29, 1.82) is 0 Å². The van der Waals surface area contributed by atoms with Gasteiger partial charge in [0.1, 0.15) is 5.75 Å². The van der Waals surface area contributed by atoms with E-state index in [1.54, 1.807) is 11.3 Å². The Kier molecular flexibility index (Phi) is 4.84. The molecule has 1 atom stereocenters. The number of benzene rings is 1. The Labute approximate surface area is 127 Å². The van der Waals surface area contributed by atoms with Gasteiger partial charge >= 0.3 is 0 Å². The van der Waals surface area contributed by atoms with Crippen LogP contribution in [0.4, 0.5) is 0 Å². The van der Waals surface area contributed by atoms with E-state index in [-0.39, 0.29) is 6.04 Å². The van der Waals surface area contributed by atoms with Gasteiger partial charge in [0.2, 0.25) is 0 Å². The summed E-state index contributed by atoms with van der Waals surface area (Å²) in [7, 11) is 0. The Bertz CT molecular complexity index is 505. The predicted molar refractivity (Wildman–Crippen MR) is 83.4 cm³/mol. The third-order valence-electron chi connectivity index (χ3n) is 2.52. The smallest absolute Gasteiger partial charge is 0.119 e. The van der Waals surface area contributed by atoms with Gasteiger partial charge in [-0.2, -0.15) is 0 Å². The van der Waals surface area contributed by atoms with E-state index >= 15 is 0 Å². The number of rotatable bonds is 4. The number of nitrogens with two attached hydrogens (primary N) is 1. The van der Waals surface area contributed by atoms with Crippen LogP contribution in [-0.4, -0.2) is 6.61 Å². The molecule has 2 aromatic rings. The van der Waals surface area contributed by atoms with Gasteiger partial charge in [-0.1, -0.05) is 12.1 Å². The monoisotopic (exact) mass is 389 g/mol. The highest BCUT2D eigenvalue weighted by atomic mass is 79.9. The molecule has 0 fully saturated rings. The maximum Gasteiger partial charge on any atom is 0.119 e. The van der Waals surface area contributed by atoms with Crippen LogP contribution >= 0.6 is 43.2 Å². The lowest BCUT2D eigenvalue weighted by Crippen LogP contribution is -2.09. The van der Waals surface area contributed by atoms with E-state index in [9.17, 15) is 0 Å². The molecule has 0 aliphatic heterocycles. The first kappa shape index (κ1) is 14.1. The molecule has 1 aromatic carbocycles. The van der Waals surface area contributed by atoms with Crippen LogP contribution in [0.25, 0.3) is 0 Å². The minimum Gasteiger partial charge on any atom is -0.494 e. The van der Waals surface area contributed by atoms with E-state index in [4.69, 9.17) is 10.5 Å². The molecule has 5 heteroatoms. The summed E-state index contributed by atoms with van der Waals surface area (Å²) in [6.07, 6.45) is 0. The molecule has 0 saturated carbocycles. The van der Waals surface area contributed by atoms with Gasteiger partial charge in [-0.3, -0.25) is 0 Å². The van der Waals surface area contributed by atoms with Crippen LogP contribution in [0.15, 0.2) is 38.6 Å². The summed E-state index contributed by atoms with van der Waals surface area (Å²) in [5.41, 5.74) is 7.33. The standard InChI is InChI=1S/C13H13Br2NOS/c1-2-17-9-5-3-8(4-6-9)12(16)11-7-10(14)13(15)18-11/h3-7,12H,2,16H2,1H3. The topological polar surface area (TPSA) is 35.2 Å². The summed E-state index contributed by atoms with van der Waals surface area (Å²) < 4.78 is 7.53. The molecule has 1 aromatic heterocycles. The van der Waals surface area contributed by atoms with Crippen molar-refractivity contribution in [2.75, 3.05) is 6.61 Å². The number of hydrogen-bond acceptors (Lipinski definition) is 3. The first-order valence-electron chi connectivity index (χ1n) is 5.55. The highest BCUT2D eigenvalue weighted by Crippen LogP contribution is 2.36. The lowest BCUT2D eigenvalue weighted by molar-refractivity contribution is 0.340. The van der Waals surface area contributed by atoms with Gasteiger partial charge in [-0.05, 0) is 62.5 Å². The first-order valence-corrected chi connectivity index (χ1v) is 7.95. The van der Waals surface area contributed by atoms with Gasteiger partial charge in [-0.15, -0.1) is 11.3 Å². The van der Waals surface area contributed by atoms with E-state index in [2.05, 4.69) is 37.9 Å². The van der Waals surface area contributed by atoms with Crippen molar-refractivity contribution >= 4 is 43.2 Å². The summed E-state index contributed by atoms with van der Waals surface area (Å²) in [4.78, 5) is 1.12. The van der Waals surface area contributed by atoms with Gasteiger partial charge in [0.05, 0.1) is 16.4 Å². The molecule has 1 unspecified atom stereocenters. The molecule has 0 saturated heterocycles. The maximum absolute atomic E-state index is 6.25. The summed E-state index contributed by atoms with van der Waals surface area (Å²) >= 11 is 8.61. The Morgan fingerprint density at radius 1 is 1.28 bits per heavy atom. The molecule has 0 bridgehead atoms. The largest absolute Gasteiger partial charge is 0.494 e. The average Bonchev–Trinajstić information content (AvgIpc) is 2.70. The number of thiophene rings is 1. The fourth-order valence-electron chi connectivity index (χ4n) is 1.62. The number of ether oxygens (including phenoxy) is 1. The van der Waals surface area contributed by atoms with Gasteiger partial charge in [-0.25, -0.2) is 0 Å². The fraction of sp³-hybridized carbons (Fsp3) is 0.231. The minimum atomic E-state index is -0.103. The number of hydrogen-bond donors (Lipinski definition) is 1.